The van der Waals surface area contributed by atoms with Crippen LogP contribution in [0.15, 0.2) is 29.9 Å². The van der Waals surface area contributed by atoms with Gasteiger partial charge in [-0.05, 0) is 30.9 Å². The van der Waals surface area contributed by atoms with Crippen molar-refractivity contribution in [2.24, 2.45) is 5.92 Å². The molecule has 2 amide bonds. The number of aromatic nitrogens is 1. The fourth-order valence-electron chi connectivity index (χ4n) is 3.17. The number of nitrogens with zero attached hydrogens (tertiary/aromatic N) is 2. The first-order valence-corrected chi connectivity index (χ1v) is 9.67. The van der Waals surface area contributed by atoms with E-state index >= 15 is 0 Å². The zero-order valence-electron chi connectivity index (χ0n) is 15.4. The van der Waals surface area contributed by atoms with Gasteiger partial charge in [-0.2, -0.15) is 0 Å². The van der Waals surface area contributed by atoms with Gasteiger partial charge in [0, 0.05) is 31.3 Å². The molecule has 1 aromatic heterocycles. The van der Waals surface area contributed by atoms with Crippen LogP contribution in [0.3, 0.4) is 0 Å². The summed E-state index contributed by atoms with van der Waals surface area (Å²) in [6, 6.07) is 5.08. The lowest BCUT2D eigenvalue weighted by Crippen LogP contribution is -2.43. The molecule has 0 radical (unpaired) electrons. The molecule has 3 rings (SSSR count). The number of hydrogen-bond acceptors (Lipinski definition) is 6. The van der Waals surface area contributed by atoms with Crippen LogP contribution >= 0.6 is 11.3 Å². The fraction of sp³-hybridized carbons (Fsp3) is 0.421. The Kier molecular flexibility index (Phi) is 6.28. The topological polar surface area (TPSA) is 80.8 Å². The third-order valence-corrected chi connectivity index (χ3v) is 5.38. The Labute approximate surface area is 162 Å². The average molecular weight is 389 g/mol. The van der Waals surface area contributed by atoms with Crippen molar-refractivity contribution in [3.8, 4) is 11.5 Å². The summed E-state index contributed by atoms with van der Waals surface area (Å²) in [7, 11) is 3.10. The monoisotopic (exact) mass is 389 g/mol. The maximum Gasteiger partial charge on any atom is 0.265 e. The van der Waals surface area contributed by atoms with Gasteiger partial charge in [-0.15, -0.1) is 11.3 Å². The molecular weight excluding hydrogens is 366 g/mol. The number of thiazole rings is 1. The van der Waals surface area contributed by atoms with Gasteiger partial charge in [0.15, 0.2) is 0 Å². The van der Waals surface area contributed by atoms with E-state index in [0.29, 0.717) is 35.0 Å². The highest BCUT2D eigenvalue weighted by Gasteiger charge is 2.25. The minimum Gasteiger partial charge on any atom is -0.497 e. The predicted molar refractivity (Wildman–Crippen MR) is 103 cm³/mol. The number of hydrogen-bond donors (Lipinski definition) is 1. The first-order valence-electron chi connectivity index (χ1n) is 8.79. The highest BCUT2D eigenvalue weighted by atomic mass is 32.1. The molecule has 2 aromatic rings. The van der Waals surface area contributed by atoms with Gasteiger partial charge in [-0.1, -0.05) is 0 Å². The van der Waals surface area contributed by atoms with E-state index in [4.69, 9.17) is 9.47 Å². The van der Waals surface area contributed by atoms with Crippen molar-refractivity contribution in [2.45, 2.75) is 12.8 Å². The Morgan fingerprint density at radius 2 is 2.00 bits per heavy atom. The van der Waals surface area contributed by atoms with E-state index in [2.05, 4.69) is 10.3 Å². The molecule has 2 heterocycles. The zero-order valence-corrected chi connectivity index (χ0v) is 16.3. The van der Waals surface area contributed by atoms with Gasteiger partial charge in [0.25, 0.3) is 11.8 Å². The van der Waals surface area contributed by atoms with Gasteiger partial charge >= 0.3 is 0 Å². The van der Waals surface area contributed by atoms with Crippen molar-refractivity contribution in [3.05, 3.63) is 40.3 Å². The van der Waals surface area contributed by atoms with Crippen LogP contribution in [-0.2, 0) is 0 Å². The molecule has 1 N–H and O–H groups in total. The Morgan fingerprint density at radius 3 is 2.63 bits per heavy atom. The molecule has 1 aliphatic heterocycles. The molecule has 0 spiro atoms. The Balaban J connectivity index is 1.58. The molecule has 0 unspecified atom stereocenters. The molecular formula is C19H23N3O4S. The van der Waals surface area contributed by atoms with Gasteiger partial charge in [-0.25, -0.2) is 0 Å². The lowest BCUT2D eigenvalue weighted by Gasteiger charge is -2.32. The highest BCUT2D eigenvalue weighted by molar-refractivity contribution is 7.11. The second kappa shape index (κ2) is 8.85. The number of piperidine rings is 1. The van der Waals surface area contributed by atoms with Crippen molar-refractivity contribution in [1.82, 2.24) is 15.2 Å². The number of methoxy groups -OCH3 is 2. The van der Waals surface area contributed by atoms with Crippen LogP contribution in [0.2, 0.25) is 0 Å². The van der Waals surface area contributed by atoms with Crippen molar-refractivity contribution < 1.29 is 19.1 Å². The standard InChI is InChI=1S/C19H23N3O4S/c1-25-15-6-14(7-16(8-15)26-2)18(23)21-9-13-4-3-5-22(11-13)19(24)17-10-20-12-27-17/h6-8,10,12-13H,3-5,9,11H2,1-2H3,(H,21,23)/t13-/m1/s1. The largest absolute Gasteiger partial charge is 0.497 e. The van der Waals surface area contributed by atoms with Crippen LogP contribution in [-0.4, -0.2) is 55.6 Å². The summed E-state index contributed by atoms with van der Waals surface area (Å²) in [6.45, 7) is 1.90. The third-order valence-electron chi connectivity index (χ3n) is 4.61. The summed E-state index contributed by atoms with van der Waals surface area (Å²) in [5.41, 5.74) is 2.15. The molecule has 0 saturated carbocycles. The number of amides is 2. The van der Waals surface area contributed by atoms with Crippen molar-refractivity contribution in [2.75, 3.05) is 33.9 Å². The molecule has 1 atom stereocenters. The lowest BCUT2D eigenvalue weighted by atomic mass is 9.97. The van der Waals surface area contributed by atoms with Crippen LogP contribution in [0.5, 0.6) is 11.5 Å². The van der Waals surface area contributed by atoms with Crippen LogP contribution in [0.1, 0.15) is 32.9 Å². The van der Waals surface area contributed by atoms with Crippen LogP contribution < -0.4 is 14.8 Å². The van der Waals surface area contributed by atoms with Crippen molar-refractivity contribution in [1.29, 1.82) is 0 Å². The number of likely N-dealkylation sites (tertiary alicyclic amines) is 1. The van der Waals surface area contributed by atoms with Crippen molar-refractivity contribution >= 4 is 23.2 Å². The second-order valence-corrected chi connectivity index (χ2v) is 7.32. The number of ether oxygens (including phenoxy) is 2. The fourth-order valence-corrected chi connectivity index (χ4v) is 3.76. The maximum absolute atomic E-state index is 12.5. The number of carbonyl (C=O) groups excluding carboxylic acids is 2. The molecule has 144 valence electrons. The number of rotatable bonds is 6. The molecule has 1 fully saturated rings. The van der Waals surface area contributed by atoms with Crippen molar-refractivity contribution in [3.63, 3.8) is 0 Å². The van der Waals surface area contributed by atoms with Crippen LogP contribution in [0, 0.1) is 5.92 Å². The summed E-state index contributed by atoms with van der Waals surface area (Å²) in [5.74, 6) is 1.20. The molecule has 1 saturated heterocycles. The molecule has 7 nitrogen and oxygen atoms in total. The van der Waals surface area contributed by atoms with E-state index in [1.807, 2.05) is 4.90 Å². The van der Waals surface area contributed by atoms with E-state index in [9.17, 15) is 9.59 Å². The van der Waals surface area contributed by atoms with Gasteiger partial charge in [0.2, 0.25) is 0 Å². The first kappa shape index (κ1) is 19.2. The third kappa shape index (κ3) is 4.77. The van der Waals surface area contributed by atoms with E-state index in [0.717, 1.165) is 19.4 Å². The molecule has 0 bridgehead atoms. The summed E-state index contributed by atoms with van der Waals surface area (Å²) in [5, 5.41) is 2.97. The van der Waals surface area contributed by atoms with Gasteiger partial charge in [0.05, 0.1) is 25.9 Å². The maximum atomic E-state index is 12.5. The lowest BCUT2D eigenvalue weighted by molar-refractivity contribution is 0.0675. The number of carbonyl (C=O) groups is 2. The quantitative estimate of drug-likeness (QED) is 0.821. The SMILES string of the molecule is COc1cc(OC)cc(C(=O)NC[C@H]2CCCN(C(=O)c3cncs3)C2)c1. The summed E-state index contributed by atoms with van der Waals surface area (Å²) in [6.07, 6.45) is 3.51. The smallest absolute Gasteiger partial charge is 0.265 e. The highest BCUT2D eigenvalue weighted by Crippen LogP contribution is 2.23. The molecule has 1 aliphatic rings. The molecule has 1 aromatic carbocycles. The minimum atomic E-state index is -0.182. The Morgan fingerprint density at radius 1 is 1.26 bits per heavy atom. The van der Waals surface area contributed by atoms with Gasteiger partial charge in [-0.3, -0.25) is 14.6 Å². The van der Waals surface area contributed by atoms with Gasteiger partial charge in [0.1, 0.15) is 16.4 Å². The second-order valence-electron chi connectivity index (χ2n) is 6.44. The normalized spacial score (nSPS) is 16.7. The summed E-state index contributed by atoms with van der Waals surface area (Å²) in [4.78, 5) is 31.5. The Bertz CT molecular complexity index is 772. The predicted octanol–water partition coefficient (Wildman–Crippen LogP) is 2.44. The van der Waals surface area contributed by atoms with E-state index in [1.165, 1.54) is 11.3 Å². The summed E-state index contributed by atoms with van der Waals surface area (Å²) >= 11 is 1.35. The van der Waals surface area contributed by atoms with E-state index < -0.39 is 0 Å². The molecule has 8 heteroatoms. The summed E-state index contributed by atoms with van der Waals surface area (Å²) < 4.78 is 10.4. The first-order chi connectivity index (χ1) is 13.1. The average Bonchev–Trinajstić information content (AvgIpc) is 3.26. The van der Waals surface area contributed by atoms with E-state index in [-0.39, 0.29) is 17.7 Å². The number of nitrogens with one attached hydrogen (secondary N) is 1. The number of benzene rings is 1. The molecule has 0 aliphatic carbocycles. The zero-order chi connectivity index (χ0) is 19.2. The van der Waals surface area contributed by atoms with Crippen LogP contribution in [0.25, 0.3) is 0 Å². The van der Waals surface area contributed by atoms with Gasteiger partial charge < -0.3 is 19.7 Å². The minimum absolute atomic E-state index is 0.0195. The Hall–Kier alpha value is -2.61. The molecule has 27 heavy (non-hydrogen) atoms. The van der Waals surface area contributed by atoms with Crippen LogP contribution in [0.4, 0.5) is 0 Å². The van der Waals surface area contributed by atoms with E-state index in [1.54, 1.807) is 44.1 Å².